The number of aromatic amines is 1. The van der Waals surface area contributed by atoms with Gasteiger partial charge in [0.05, 0.1) is 11.3 Å². The van der Waals surface area contributed by atoms with Crippen LogP contribution in [0, 0.1) is 6.92 Å². The van der Waals surface area contributed by atoms with Crippen molar-refractivity contribution >= 4 is 5.91 Å². The molecule has 3 rings (SSSR count). The molecule has 1 amide bonds. The molecule has 0 bridgehead atoms. The van der Waals surface area contributed by atoms with Crippen LogP contribution < -0.4 is 5.56 Å². The number of likely N-dealkylation sites (N-methyl/N-ethyl adjacent to an activating group) is 1. The number of rotatable bonds is 4. The molecular weight excluding hydrogens is 306 g/mol. The van der Waals surface area contributed by atoms with Crippen LogP contribution in [0.5, 0.6) is 0 Å². The Morgan fingerprint density at radius 2 is 1.92 bits per heavy atom. The van der Waals surface area contributed by atoms with Gasteiger partial charge in [0.25, 0.3) is 11.5 Å². The largest absolute Gasteiger partial charge is 0.388 e. The number of hydrogen-bond acceptors (Lipinski definition) is 3. The molecule has 6 heteroatoms. The van der Waals surface area contributed by atoms with E-state index in [2.05, 4.69) is 5.10 Å². The zero-order valence-electron chi connectivity index (χ0n) is 14.1. The average molecular weight is 329 g/mol. The summed E-state index contributed by atoms with van der Waals surface area (Å²) in [4.78, 5) is 26.2. The van der Waals surface area contributed by atoms with Crippen molar-refractivity contribution in [2.45, 2.75) is 38.2 Å². The van der Waals surface area contributed by atoms with Crippen molar-refractivity contribution in [1.29, 1.82) is 0 Å². The lowest BCUT2D eigenvalue weighted by atomic mass is 10.0. The molecule has 1 saturated carbocycles. The molecule has 1 fully saturated rings. The van der Waals surface area contributed by atoms with Gasteiger partial charge in [-0.3, -0.25) is 14.7 Å². The summed E-state index contributed by atoms with van der Waals surface area (Å²) in [5.41, 5.74) is 0.922. The smallest absolute Gasteiger partial charge is 0.271 e. The summed E-state index contributed by atoms with van der Waals surface area (Å²) in [6, 6.07) is 8.77. The number of aryl methyl sites for hydroxylation is 1. The van der Waals surface area contributed by atoms with E-state index in [0.717, 1.165) is 18.4 Å². The number of H-pyrrole nitrogens is 1. The lowest BCUT2D eigenvalue weighted by Gasteiger charge is -2.28. The van der Waals surface area contributed by atoms with Crippen molar-refractivity contribution in [3.8, 4) is 5.69 Å². The molecule has 0 aliphatic heterocycles. The highest BCUT2D eigenvalue weighted by molar-refractivity contribution is 5.92. The van der Waals surface area contributed by atoms with E-state index in [4.69, 9.17) is 0 Å². The molecule has 24 heavy (non-hydrogen) atoms. The molecule has 2 N–H and O–H groups in total. The standard InChI is InChI=1S/C18H23N3O3/c1-13-5-7-14(8-6-13)21-16(22)11-15(19-21)17(23)20(2)12-18(24)9-3-4-10-18/h5-8,11,19,24H,3-4,9-10,12H2,1-2H3. The van der Waals surface area contributed by atoms with Gasteiger partial charge in [0, 0.05) is 19.7 Å². The number of carbonyl (C=O) groups excluding carboxylic acids is 1. The third-order valence-corrected chi connectivity index (χ3v) is 4.66. The monoisotopic (exact) mass is 329 g/mol. The Kier molecular flexibility index (Phi) is 4.32. The van der Waals surface area contributed by atoms with Crippen LogP contribution in [0.1, 0.15) is 41.7 Å². The van der Waals surface area contributed by atoms with E-state index in [-0.39, 0.29) is 23.7 Å². The van der Waals surface area contributed by atoms with Crippen molar-refractivity contribution in [2.75, 3.05) is 13.6 Å². The number of hydrogen-bond donors (Lipinski definition) is 2. The number of benzene rings is 1. The highest BCUT2D eigenvalue weighted by Gasteiger charge is 2.34. The Bertz CT molecular complexity index is 783. The normalized spacial score (nSPS) is 16.3. The van der Waals surface area contributed by atoms with E-state index in [1.807, 2.05) is 31.2 Å². The second-order valence-electron chi connectivity index (χ2n) is 6.77. The lowest BCUT2D eigenvalue weighted by molar-refractivity contribution is 0.0154. The molecule has 0 atom stereocenters. The Hall–Kier alpha value is -2.34. The van der Waals surface area contributed by atoms with Crippen LogP contribution in [0.3, 0.4) is 0 Å². The Balaban J connectivity index is 1.79. The third kappa shape index (κ3) is 3.28. The van der Waals surface area contributed by atoms with E-state index in [0.29, 0.717) is 18.5 Å². The molecule has 128 valence electrons. The fourth-order valence-corrected chi connectivity index (χ4v) is 3.30. The summed E-state index contributed by atoms with van der Waals surface area (Å²) in [7, 11) is 1.65. The van der Waals surface area contributed by atoms with E-state index in [1.54, 1.807) is 7.05 Å². The summed E-state index contributed by atoms with van der Waals surface area (Å²) >= 11 is 0. The third-order valence-electron chi connectivity index (χ3n) is 4.66. The first-order chi connectivity index (χ1) is 11.4. The number of aromatic nitrogens is 2. The van der Waals surface area contributed by atoms with Gasteiger partial charge < -0.3 is 10.0 Å². The van der Waals surface area contributed by atoms with Gasteiger partial charge in [0.2, 0.25) is 0 Å². The number of carbonyl (C=O) groups is 1. The molecule has 1 aromatic carbocycles. The van der Waals surface area contributed by atoms with Crippen LogP contribution in [0.2, 0.25) is 0 Å². The molecule has 1 aliphatic rings. The maximum Gasteiger partial charge on any atom is 0.271 e. The van der Waals surface area contributed by atoms with Crippen LogP contribution >= 0.6 is 0 Å². The summed E-state index contributed by atoms with van der Waals surface area (Å²) in [6.07, 6.45) is 3.40. The molecule has 0 spiro atoms. The van der Waals surface area contributed by atoms with Crippen molar-refractivity contribution in [2.24, 2.45) is 0 Å². The fraction of sp³-hybridized carbons (Fsp3) is 0.444. The lowest BCUT2D eigenvalue weighted by Crippen LogP contribution is -2.42. The maximum atomic E-state index is 12.6. The molecule has 0 saturated heterocycles. The van der Waals surface area contributed by atoms with E-state index in [1.165, 1.54) is 15.6 Å². The topological polar surface area (TPSA) is 78.3 Å². The molecule has 1 aliphatic carbocycles. The average Bonchev–Trinajstić information content (AvgIpc) is 3.13. The van der Waals surface area contributed by atoms with Crippen molar-refractivity contribution in [3.63, 3.8) is 0 Å². The minimum absolute atomic E-state index is 0.227. The summed E-state index contributed by atoms with van der Waals surface area (Å²) in [6.45, 7) is 2.25. The first-order valence-corrected chi connectivity index (χ1v) is 8.25. The zero-order chi connectivity index (χ0) is 17.3. The number of aliphatic hydroxyl groups is 1. The second kappa shape index (κ2) is 6.28. The highest BCUT2D eigenvalue weighted by Crippen LogP contribution is 2.30. The predicted molar refractivity (Wildman–Crippen MR) is 91.5 cm³/mol. The van der Waals surface area contributed by atoms with Crippen molar-refractivity contribution < 1.29 is 9.90 Å². The Labute approximate surface area is 140 Å². The summed E-state index contributed by atoms with van der Waals surface area (Å²) in [5, 5.41) is 13.3. The van der Waals surface area contributed by atoms with Crippen LogP contribution in [-0.4, -0.2) is 44.9 Å². The van der Waals surface area contributed by atoms with Crippen molar-refractivity contribution in [1.82, 2.24) is 14.7 Å². The van der Waals surface area contributed by atoms with Gasteiger partial charge in [-0.15, -0.1) is 0 Å². The maximum absolute atomic E-state index is 12.6. The van der Waals surface area contributed by atoms with Crippen LogP contribution in [-0.2, 0) is 0 Å². The molecular formula is C18H23N3O3. The molecule has 0 radical (unpaired) electrons. The van der Waals surface area contributed by atoms with Gasteiger partial charge >= 0.3 is 0 Å². The Morgan fingerprint density at radius 1 is 1.29 bits per heavy atom. The summed E-state index contributed by atoms with van der Waals surface area (Å²) < 4.78 is 1.35. The number of nitrogens with zero attached hydrogens (tertiary/aromatic N) is 2. The molecule has 1 aromatic heterocycles. The Morgan fingerprint density at radius 3 is 2.54 bits per heavy atom. The number of amides is 1. The zero-order valence-corrected chi connectivity index (χ0v) is 14.1. The van der Waals surface area contributed by atoms with Crippen molar-refractivity contribution in [3.05, 3.63) is 51.9 Å². The van der Waals surface area contributed by atoms with E-state index in [9.17, 15) is 14.7 Å². The first-order valence-electron chi connectivity index (χ1n) is 8.25. The second-order valence-corrected chi connectivity index (χ2v) is 6.77. The predicted octanol–water partition coefficient (Wildman–Crippen LogP) is 1.85. The van der Waals surface area contributed by atoms with Gasteiger partial charge in [0.15, 0.2) is 0 Å². The van der Waals surface area contributed by atoms with E-state index < -0.39 is 5.60 Å². The minimum Gasteiger partial charge on any atom is -0.388 e. The summed E-state index contributed by atoms with van der Waals surface area (Å²) in [5.74, 6) is -0.293. The first kappa shape index (κ1) is 16.5. The van der Waals surface area contributed by atoms with Crippen LogP contribution in [0.25, 0.3) is 5.69 Å². The molecule has 6 nitrogen and oxygen atoms in total. The van der Waals surface area contributed by atoms with Gasteiger partial charge in [-0.2, -0.15) is 0 Å². The minimum atomic E-state index is -0.801. The van der Waals surface area contributed by atoms with Gasteiger partial charge in [-0.25, -0.2) is 4.68 Å². The quantitative estimate of drug-likeness (QED) is 0.898. The van der Waals surface area contributed by atoms with Gasteiger partial charge in [-0.1, -0.05) is 30.5 Å². The molecule has 0 unspecified atom stereocenters. The molecule has 2 aromatic rings. The highest BCUT2D eigenvalue weighted by atomic mass is 16.3. The SMILES string of the molecule is Cc1ccc(-n2[nH]c(C(=O)N(C)CC3(O)CCCC3)cc2=O)cc1. The van der Waals surface area contributed by atoms with Crippen LogP contribution in [0.4, 0.5) is 0 Å². The molecule has 1 heterocycles. The fourth-order valence-electron chi connectivity index (χ4n) is 3.30. The van der Waals surface area contributed by atoms with E-state index >= 15 is 0 Å². The number of nitrogens with one attached hydrogen (secondary N) is 1. The van der Waals surface area contributed by atoms with Gasteiger partial charge in [0.1, 0.15) is 5.69 Å². The van der Waals surface area contributed by atoms with Crippen LogP contribution in [0.15, 0.2) is 35.1 Å². The van der Waals surface area contributed by atoms with Gasteiger partial charge in [-0.05, 0) is 31.9 Å².